The van der Waals surface area contributed by atoms with Gasteiger partial charge in [0.15, 0.2) is 0 Å². The zero-order valence-corrected chi connectivity index (χ0v) is 9.53. The van der Waals surface area contributed by atoms with Crippen LogP contribution in [-0.2, 0) is 24.9 Å². The van der Waals surface area contributed by atoms with Gasteiger partial charge in [0, 0.05) is 44.2 Å². The van der Waals surface area contributed by atoms with E-state index >= 15 is 0 Å². The van der Waals surface area contributed by atoms with Crippen molar-refractivity contribution in [3.05, 3.63) is 35.5 Å². The minimum absolute atomic E-state index is 0.145. The Balaban J connectivity index is 2.24. The van der Waals surface area contributed by atoms with Crippen LogP contribution in [0, 0.1) is 0 Å². The molecule has 1 aromatic carbocycles. The van der Waals surface area contributed by atoms with Crippen molar-refractivity contribution in [3.8, 4) is 0 Å². The third-order valence-electron chi connectivity index (χ3n) is 3.35. The Kier molecular flexibility index (Phi) is 1.84. The first-order chi connectivity index (χ1) is 7.66. The average molecular weight is 214 g/mol. The zero-order valence-electron chi connectivity index (χ0n) is 9.53. The van der Waals surface area contributed by atoms with E-state index < -0.39 is 0 Å². The highest BCUT2D eigenvalue weighted by Gasteiger charge is 2.21. The molecule has 2 aromatic rings. The Morgan fingerprint density at radius 3 is 2.75 bits per heavy atom. The van der Waals surface area contributed by atoms with Crippen LogP contribution in [0.15, 0.2) is 24.4 Å². The van der Waals surface area contributed by atoms with Crippen molar-refractivity contribution in [2.45, 2.75) is 20.0 Å². The summed E-state index contributed by atoms with van der Waals surface area (Å²) < 4.78 is 2.14. The predicted octanol–water partition coefficient (Wildman–Crippen LogP) is 2.04. The van der Waals surface area contributed by atoms with Crippen LogP contribution < -0.4 is 0 Å². The van der Waals surface area contributed by atoms with Gasteiger partial charge in [-0.2, -0.15) is 0 Å². The molecule has 0 N–H and O–H groups in total. The average Bonchev–Trinajstić information content (AvgIpc) is 2.58. The van der Waals surface area contributed by atoms with E-state index in [1.165, 1.54) is 22.0 Å². The van der Waals surface area contributed by atoms with Crippen LogP contribution in [0.5, 0.6) is 0 Å². The van der Waals surface area contributed by atoms with Gasteiger partial charge in [-0.1, -0.05) is 12.1 Å². The SMILES string of the molecule is CC(=O)N1Cc2cccc3c2c(cn3C)C1. The Labute approximate surface area is 94.3 Å². The summed E-state index contributed by atoms with van der Waals surface area (Å²) in [5, 5.41) is 1.34. The normalized spacial score (nSPS) is 14.5. The second-order valence-corrected chi connectivity index (χ2v) is 4.45. The van der Waals surface area contributed by atoms with Gasteiger partial charge in [-0.3, -0.25) is 4.79 Å². The summed E-state index contributed by atoms with van der Waals surface area (Å²) in [7, 11) is 2.05. The molecule has 0 radical (unpaired) electrons. The number of aryl methyl sites for hydroxylation is 1. The molecule has 16 heavy (non-hydrogen) atoms. The van der Waals surface area contributed by atoms with Gasteiger partial charge >= 0.3 is 0 Å². The summed E-state index contributed by atoms with van der Waals surface area (Å²) in [6.07, 6.45) is 2.13. The minimum atomic E-state index is 0.145. The van der Waals surface area contributed by atoms with Crippen molar-refractivity contribution < 1.29 is 4.79 Å². The lowest BCUT2D eigenvalue weighted by atomic mass is 10.0. The summed E-state index contributed by atoms with van der Waals surface area (Å²) in [5.74, 6) is 0.145. The second-order valence-electron chi connectivity index (χ2n) is 4.45. The predicted molar refractivity (Wildman–Crippen MR) is 62.8 cm³/mol. The van der Waals surface area contributed by atoms with Crippen LogP contribution in [0.3, 0.4) is 0 Å². The van der Waals surface area contributed by atoms with E-state index in [0.717, 1.165) is 13.1 Å². The van der Waals surface area contributed by atoms with Crippen molar-refractivity contribution >= 4 is 16.8 Å². The van der Waals surface area contributed by atoms with E-state index in [9.17, 15) is 4.79 Å². The van der Waals surface area contributed by atoms with E-state index in [1.54, 1.807) is 6.92 Å². The van der Waals surface area contributed by atoms with E-state index in [4.69, 9.17) is 0 Å². The quantitative estimate of drug-likeness (QED) is 0.658. The van der Waals surface area contributed by atoms with E-state index in [2.05, 4.69) is 36.0 Å². The molecule has 3 rings (SSSR count). The summed E-state index contributed by atoms with van der Waals surface area (Å²) >= 11 is 0. The van der Waals surface area contributed by atoms with Gasteiger partial charge in [-0.15, -0.1) is 0 Å². The molecular weight excluding hydrogens is 200 g/mol. The number of hydrogen-bond donors (Lipinski definition) is 0. The van der Waals surface area contributed by atoms with Gasteiger partial charge in [-0.05, 0) is 17.2 Å². The fourth-order valence-corrected chi connectivity index (χ4v) is 2.56. The van der Waals surface area contributed by atoms with Crippen LogP contribution in [0.1, 0.15) is 18.1 Å². The topological polar surface area (TPSA) is 25.2 Å². The number of amides is 1. The molecule has 0 spiro atoms. The molecule has 0 aliphatic carbocycles. The van der Waals surface area contributed by atoms with Crippen molar-refractivity contribution in [1.82, 2.24) is 9.47 Å². The summed E-state index contributed by atoms with van der Waals surface area (Å²) in [5.41, 5.74) is 3.78. The molecule has 3 heteroatoms. The molecule has 82 valence electrons. The lowest BCUT2D eigenvalue weighted by Crippen LogP contribution is -2.30. The molecule has 0 unspecified atom stereocenters. The van der Waals surface area contributed by atoms with Gasteiger partial charge in [0.1, 0.15) is 0 Å². The lowest BCUT2D eigenvalue weighted by Gasteiger charge is -2.25. The molecule has 0 saturated heterocycles. The maximum atomic E-state index is 11.5. The summed E-state index contributed by atoms with van der Waals surface area (Å²) in [6.45, 7) is 3.11. The van der Waals surface area contributed by atoms with E-state index in [-0.39, 0.29) is 5.91 Å². The third-order valence-corrected chi connectivity index (χ3v) is 3.35. The first-order valence-electron chi connectivity index (χ1n) is 5.48. The van der Waals surface area contributed by atoms with Crippen LogP contribution in [0.4, 0.5) is 0 Å². The zero-order chi connectivity index (χ0) is 11.3. The van der Waals surface area contributed by atoms with Gasteiger partial charge in [0.05, 0.1) is 0 Å². The molecule has 3 nitrogen and oxygen atoms in total. The van der Waals surface area contributed by atoms with Crippen LogP contribution >= 0.6 is 0 Å². The molecule has 0 bridgehead atoms. The highest BCUT2D eigenvalue weighted by atomic mass is 16.2. The third kappa shape index (κ3) is 1.18. The van der Waals surface area contributed by atoms with Crippen LogP contribution in [0.2, 0.25) is 0 Å². The molecule has 1 aromatic heterocycles. The molecule has 0 fully saturated rings. The molecule has 1 amide bonds. The molecule has 0 atom stereocenters. The largest absolute Gasteiger partial charge is 0.350 e. The Bertz CT molecular complexity index is 583. The van der Waals surface area contributed by atoms with Gasteiger partial charge in [-0.25, -0.2) is 0 Å². The molecular formula is C13H14N2O. The fraction of sp³-hybridized carbons (Fsp3) is 0.308. The van der Waals surface area contributed by atoms with Crippen molar-refractivity contribution in [1.29, 1.82) is 0 Å². The Hall–Kier alpha value is -1.77. The Morgan fingerprint density at radius 1 is 1.25 bits per heavy atom. The monoisotopic (exact) mass is 214 g/mol. The maximum Gasteiger partial charge on any atom is 0.220 e. The highest BCUT2D eigenvalue weighted by molar-refractivity contribution is 5.89. The molecule has 0 saturated carbocycles. The van der Waals surface area contributed by atoms with E-state index in [0.29, 0.717) is 0 Å². The Morgan fingerprint density at radius 2 is 2.00 bits per heavy atom. The van der Waals surface area contributed by atoms with Gasteiger partial charge in [0.25, 0.3) is 0 Å². The highest BCUT2D eigenvalue weighted by Crippen LogP contribution is 2.30. The van der Waals surface area contributed by atoms with Crippen molar-refractivity contribution in [3.63, 3.8) is 0 Å². The van der Waals surface area contributed by atoms with Crippen LogP contribution in [0.25, 0.3) is 10.9 Å². The van der Waals surface area contributed by atoms with Crippen molar-refractivity contribution in [2.75, 3.05) is 0 Å². The molecule has 2 heterocycles. The summed E-state index contributed by atoms with van der Waals surface area (Å²) in [4.78, 5) is 13.3. The number of aromatic nitrogens is 1. The first-order valence-corrected chi connectivity index (χ1v) is 5.48. The van der Waals surface area contributed by atoms with Crippen LogP contribution in [-0.4, -0.2) is 15.4 Å². The number of carbonyl (C=O) groups excluding carboxylic acids is 1. The number of carbonyl (C=O) groups is 1. The fourth-order valence-electron chi connectivity index (χ4n) is 2.56. The second kappa shape index (κ2) is 3.11. The number of hydrogen-bond acceptors (Lipinski definition) is 1. The number of rotatable bonds is 0. The van der Waals surface area contributed by atoms with Gasteiger partial charge in [0.2, 0.25) is 5.91 Å². The number of nitrogens with zero attached hydrogens (tertiary/aromatic N) is 2. The summed E-state index contributed by atoms with van der Waals surface area (Å²) in [6, 6.07) is 6.30. The van der Waals surface area contributed by atoms with E-state index in [1.807, 2.05) is 4.90 Å². The smallest absolute Gasteiger partial charge is 0.220 e. The van der Waals surface area contributed by atoms with Gasteiger partial charge < -0.3 is 9.47 Å². The lowest BCUT2D eigenvalue weighted by molar-refractivity contribution is -0.130. The molecule has 1 aliphatic heterocycles. The minimum Gasteiger partial charge on any atom is -0.350 e. The standard InChI is InChI=1S/C13H14N2O/c1-9(16)15-7-10-4-3-5-12-13(10)11(8-15)6-14(12)2/h3-6H,7-8H2,1-2H3. The maximum absolute atomic E-state index is 11.5. The first kappa shape index (κ1) is 9.46. The van der Waals surface area contributed by atoms with Crippen molar-refractivity contribution in [2.24, 2.45) is 7.05 Å². The molecule has 1 aliphatic rings. The number of benzene rings is 1.